The van der Waals surface area contributed by atoms with E-state index in [1.807, 2.05) is 13.1 Å². The Morgan fingerprint density at radius 3 is 2.75 bits per heavy atom. The first kappa shape index (κ1) is 11.3. The molecule has 0 N–H and O–H groups in total. The largest absolute Gasteiger partial charge is 0.371 e. The first-order valence-corrected chi connectivity index (χ1v) is 5.70. The van der Waals surface area contributed by atoms with Crippen LogP contribution in [0.3, 0.4) is 0 Å². The van der Waals surface area contributed by atoms with Gasteiger partial charge in [0.05, 0.1) is 0 Å². The molecule has 0 bridgehead atoms. The molecule has 1 saturated heterocycles. The minimum absolute atomic E-state index is 0.405. The average Bonchev–Trinajstić information content (AvgIpc) is 2.29. The zero-order valence-corrected chi connectivity index (χ0v) is 9.86. The van der Waals surface area contributed by atoms with Crippen molar-refractivity contribution in [3.63, 3.8) is 0 Å². The van der Waals surface area contributed by atoms with Gasteiger partial charge in [-0.1, -0.05) is 0 Å². The van der Waals surface area contributed by atoms with E-state index in [1.54, 1.807) is 0 Å². The third kappa shape index (κ3) is 2.50. The molecule has 3 nitrogen and oxygen atoms in total. The highest BCUT2D eigenvalue weighted by Crippen LogP contribution is 2.21. The Kier molecular flexibility index (Phi) is 3.39. The number of hydrogen-bond donors (Lipinski definition) is 0. The van der Waals surface area contributed by atoms with Crippen molar-refractivity contribution in [2.45, 2.75) is 18.9 Å². The lowest BCUT2D eigenvalue weighted by Crippen LogP contribution is -2.42. The number of rotatable bonds is 2. The van der Waals surface area contributed by atoms with Gasteiger partial charge in [-0.2, -0.15) is 4.39 Å². The van der Waals surface area contributed by atoms with Gasteiger partial charge < -0.3 is 9.80 Å². The van der Waals surface area contributed by atoms with Gasteiger partial charge in [-0.25, -0.2) is 4.98 Å². The highest BCUT2D eigenvalue weighted by atomic mass is 19.1. The molecule has 1 aliphatic rings. The minimum atomic E-state index is -0.405. The van der Waals surface area contributed by atoms with E-state index in [2.05, 4.69) is 21.8 Å². The van der Waals surface area contributed by atoms with Crippen LogP contribution in [0, 0.1) is 5.95 Å². The summed E-state index contributed by atoms with van der Waals surface area (Å²) in [5, 5.41) is 0. The SMILES string of the molecule is CN1CCC(N(C)c2ccnc(F)c2)CC1. The highest BCUT2D eigenvalue weighted by molar-refractivity contribution is 5.45. The Bertz CT molecular complexity index is 348. The zero-order valence-electron chi connectivity index (χ0n) is 9.86. The topological polar surface area (TPSA) is 19.4 Å². The van der Waals surface area contributed by atoms with Crippen molar-refractivity contribution in [2.75, 3.05) is 32.1 Å². The molecule has 0 spiro atoms. The summed E-state index contributed by atoms with van der Waals surface area (Å²) in [6.45, 7) is 2.23. The predicted molar refractivity (Wildman–Crippen MR) is 63.1 cm³/mol. The number of aromatic nitrogens is 1. The number of hydrogen-bond acceptors (Lipinski definition) is 3. The fraction of sp³-hybridized carbons (Fsp3) is 0.583. The van der Waals surface area contributed by atoms with Gasteiger partial charge in [-0.15, -0.1) is 0 Å². The van der Waals surface area contributed by atoms with E-state index in [0.717, 1.165) is 31.6 Å². The summed E-state index contributed by atoms with van der Waals surface area (Å²) >= 11 is 0. The maximum absolute atomic E-state index is 13.0. The first-order chi connectivity index (χ1) is 7.66. The molecule has 1 aliphatic heterocycles. The van der Waals surface area contributed by atoms with Crippen LogP contribution in [0.1, 0.15) is 12.8 Å². The van der Waals surface area contributed by atoms with E-state index in [1.165, 1.54) is 12.3 Å². The maximum atomic E-state index is 13.0. The lowest BCUT2D eigenvalue weighted by Gasteiger charge is -2.36. The molecular weight excluding hydrogens is 205 g/mol. The van der Waals surface area contributed by atoms with Crippen LogP contribution in [-0.4, -0.2) is 43.1 Å². The number of halogens is 1. The summed E-state index contributed by atoms with van der Waals surface area (Å²) < 4.78 is 13.0. The normalized spacial score (nSPS) is 18.7. The second kappa shape index (κ2) is 4.78. The zero-order chi connectivity index (χ0) is 11.5. The molecule has 0 radical (unpaired) electrons. The molecule has 4 heteroatoms. The second-order valence-corrected chi connectivity index (χ2v) is 4.48. The van der Waals surface area contributed by atoms with Crippen molar-refractivity contribution in [2.24, 2.45) is 0 Å². The van der Waals surface area contributed by atoms with Crippen molar-refractivity contribution in [3.05, 3.63) is 24.3 Å². The third-order valence-corrected chi connectivity index (χ3v) is 3.35. The Morgan fingerprint density at radius 2 is 2.12 bits per heavy atom. The van der Waals surface area contributed by atoms with Crippen molar-refractivity contribution in [3.8, 4) is 0 Å². The van der Waals surface area contributed by atoms with Gasteiger partial charge in [-0.05, 0) is 39.0 Å². The molecule has 0 unspecified atom stereocenters. The monoisotopic (exact) mass is 223 g/mol. The van der Waals surface area contributed by atoms with Crippen LogP contribution in [-0.2, 0) is 0 Å². The molecule has 1 aromatic heterocycles. The number of piperidine rings is 1. The van der Waals surface area contributed by atoms with E-state index in [4.69, 9.17) is 0 Å². The molecular formula is C12H18FN3. The molecule has 16 heavy (non-hydrogen) atoms. The van der Waals surface area contributed by atoms with Crippen molar-refractivity contribution < 1.29 is 4.39 Å². The molecule has 2 heterocycles. The Balaban J connectivity index is 2.04. The van der Waals surface area contributed by atoms with Crippen LogP contribution in [0.4, 0.5) is 10.1 Å². The highest BCUT2D eigenvalue weighted by Gasteiger charge is 2.20. The van der Waals surface area contributed by atoms with Gasteiger partial charge in [0.1, 0.15) is 0 Å². The van der Waals surface area contributed by atoms with Crippen LogP contribution in [0.2, 0.25) is 0 Å². The molecule has 0 saturated carbocycles. The lowest BCUT2D eigenvalue weighted by atomic mass is 10.0. The van der Waals surface area contributed by atoms with Crippen molar-refractivity contribution in [1.29, 1.82) is 0 Å². The number of nitrogens with zero attached hydrogens (tertiary/aromatic N) is 3. The molecule has 2 rings (SSSR count). The van der Waals surface area contributed by atoms with Crippen LogP contribution in [0.5, 0.6) is 0 Å². The predicted octanol–water partition coefficient (Wildman–Crippen LogP) is 1.75. The van der Waals surface area contributed by atoms with E-state index >= 15 is 0 Å². The lowest BCUT2D eigenvalue weighted by molar-refractivity contribution is 0.253. The number of likely N-dealkylation sites (tertiary alicyclic amines) is 1. The summed E-state index contributed by atoms with van der Waals surface area (Å²) in [5.41, 5.74) is 0.919. The van der Waals surface area contributed by atoms with Gasteiger partial charge in [-0.3, -0.25) is 0 Å². The quantitative estimate of drug-likeness (QED) is 0.712. The van der Waals surface area contributed by atoms with E-state index in [0.29, 0.717) is 6.04 Å². The Morgan fingerprint density at radius 1 is 1.44 bits per heavy atom. The molecule has 88 valence electrons. The number of anilines is 1. The summed E-state index contributed by atoms with van der Waals surface area (Å²) in [5.74, 6) is -0.405. The van der Waals surface area contributed by atoms with Gasteiger partial charge in [0.25, 0.3) is 0 Å². The molecule has 0 atom stereocenters. The van der Waals surface area contributed by atoms with E-state index in [-0.39, 0.29) is 0 Å². The van der Waals surface area contributed by atoms with Crippen LogP contribution in [0.25, 0.3) is 0 Å². The second-order valence-electron chi connectivity index (χ2n) is 4.48. The third-order valence-electron chi connectivity index (χ3n) is 3.35. The molecule has 1 fully saturated rings. The van der Waals surface area contributed by atoms with Crippen LogP contribution in [0.15, 0.2) is 18.3 Å². The first-order valence-electron chi connectivity index (χ1n) is 5.70. The number of pyridine rings is 1. The van der Waals surface area contributed by atoms with E-state index in [9.17, 15) is 4.39 Å². The van der Waals surface area contributed by atoms with Gasteiger partial charge >= 0.3 is 0 Å². The van der Waals surface area contributed by atoms with Gasteiger partial charge in [0.2, 0.25) is 5.95 Å². The van der Waals surface area contributed by atoms with Gasteiger partial charge in [0.15, 0.2) is 0 Å². The standard InChI is InChI=1S/C12H18FN3/c1-15-7-4-10(5-8-15)16(2)11-3-6-14-12(13)9-11/h3,6,9-10H,4-5,7-8H2,1-2H3. The summed E-state index contributed by atoms with van der Waals surface area (Å²) in [4.78, 5) is 8.07. The average molecular weight is 223 g/mol. The van der Waals surface area contributed by atoms with Crippen LogP contribution >= 0.6 is 0 Å². The van der Waals surface area contributed by atoms with Crippen LogP contribution < -0.4 is 4.90 Å². The Labute approximate surface area is 95.9 Å². The molecule has 0 aromatic carbocycles. The summed E-state index contributed by atoms with van der Waals surface area (Å²) in [6.07, 6.45) is 3.80. The molecule has 1 aromatic rings. The van der Waals surface area contributed by atoms with Gasteiger partial charge in [0, 0.05) is 31.0 Å². The minimum Gasteiger partial charge on any atom is -0.371 e. The fourth-order valence-corrected chi connectivity index (χ4v) is 2.20. The summed E-state index contributed by atoms with van der Waals surface area (Å²) in [6, 6.07) is 3.87. The summed E-state index contributed by atoms with van der Waals surface area (Å²) in [7, 11) is 4.17. The van der Waals surface area contributed by atoms with Crippen molar-refractivity contribution in [1.82, 2.24) is 9.88 Å². The van der Waals surface area contributed by atoms with Crippen molar-refractivity contribution >= 4 is 5.69 Å². The Hall–Kier alpha value is -1.16. The van der Waals surface area contributed by atoms with E-state index < -0.39 is 5.95 Å². The maximum Gasteiger partial charge on any atom is 0.214 e. The fourth-order valence-electron chi connectivity index (χ4n) is 2.20. The molecule has 0 aliphatic carbocycles. The molecule has 0 amide bonds. The smallest absolute Gasteiger partial charge is 0.214 e.